The van der Waals surface area contributed by atoms with Gasteiger partial charge in [0.2, 0.25) is 5.13 Å². The number of rotatable bonds is 6. The highest BCUT2D eigenvalue weighted by molar-refractivity contribution is 7.15. The van der Waals surface area contributed by atoms with Crippen molar-refractivity contribution in [2.75, 3.05) is 5.32 Å². The van der Waals surface area contributed by atoms with E-state index < -0.39 is 6.43 Å². The van der Waals surface area contributed by atoms with Gasteiger partial charge in [0.1, 0.15) is 10.8 Å². The normalized spacial score (nSPS) is 11.0. The van der Waals surface area contributed by atoms with E-state index >= 15 is 0 Å². The van der Waals surface area contributed by atoms with Gasteiger partial charge in [0, 0.05) is 18.5 Å². The lowest BCUT2D eigenvalue weighted by Crippen LogP contribution is -1.99. The Morgan fingerprint density at radius 3 is 2.25 bits per heavy atom. The van der Waals surface area contributed by atoms with E-state index in [1.54, 1.807) is 24.3 Å². The molecule has 1 heterocycles. The molecular weight excluding hydrogens is 335 g/mol. The molecule has 0 aliphatic heterocycles. The second kappa shape index (κ2) is 7.44. The number of benzene rings is 2. The molecule has 7 heteroatoms. The van der Waals surface area contributed by atoms with Crippen LogP contribution in [0.5, 0.6) is 0 Å². The number of hydrogen-bond acceptors (Lipinski definition) is 4. The van der Waals surface area contributed by atoms with Gasteiger partial charge in [0.25, 0.3) is 6.43 Å². The Hall–Kier alpha value is -2.41. The van der Waals surface area contributed by atoms with Crippen LogP contribution in [0.25, 0.3) is 0 Å². The van der Waals surface area contributed by atoms with Crippen LogP contribution in [0.15, 0.2) is 48.5 Å². The molecule has 3 nitrogen and oxygen atoms in total. The molecule has 0 aliphatic carbocycles. The zero-order valence-corrected chi connectivity index (χ0v) is 13.4. The van der Waals surface area contributed by atoms with Crippen LogP contribution in [0.2, 0.25) is 0 Å². The van der Waals surface area contributed by atoms with Crippen molar-refractivity contribution in [1.29, 1.82) is 0 Å². The summed E-state index contributed by atoms with van der Waals surface area (Å²) in [5.41, 5.74) is 1.85. The van der Waals surface area contributed by atoms with Crippen LogP contribution in [0.3, 0.4) is 0 Å². The van der Waals surface area contributed by atoms with Gasteiger partial charge in [-0.15, -0.1) is 10.2 Å². The van der Waals surface area contributed by atoms with Gasteiger partial charge >= 0.3 is 0 Å². The maximum Gasteiger partial charge on any atom is 0.263 e. The van der Waals surface area contributed by atoms with E-state index in [4.69, 9.17) is 0 Å². The van der Waals surface area contributed by atoms with Crippen LogP contribution in [-0.4, -0.2) is 10.2 Å². The molecule has 0 atom stereocenters. The molecular formula is C17H14F3N3S. The molecule has 124 valence electrons. The zero-order chi connectivity index (χ0) is 16.9. The molecule has 0 unspecified atom stereocenters. The van der Waals surface area contributed by atoms with Gasteiger partial charge < -0.3 is 5.32 Å². The fourth-order valence-electron chi connectivity index (χ4n) is 2.13. The summed E-state index contributed by atoms with van der Waals surface area (Å²) in [6.45, 7) is 0.481. The molecule has 0 spiro atoms. The molecule has 0 bridgehead atoms. The van der Waals surface area contributed by atoms with Crippen LogP contribution in [-0.2, 0) is 13.0 Å². The van der Waals surface area contributed by atoms with Crippen molar-refractivity contribution in [3.05, 3.63) is 76.0 Å². The number of alkyl halides is 2. The molecule has 0 amide bonds. The molecule has 0 fully saturated rings. The molecule has 2 aromatic carbocycles. The highest BCUT2D eigenvalue weighted by Gasteiger charge is 2.07. The Bertz CT molecular complexity index is 786. The topological polar surface area (TPSA) is 37.8 Å². The van der Waals surface area contributed by atoms with Crippen LogP contribution < -0.4 is 5.32 Å². The lowest BCUT2D eigenvalue weighted by Gasteiger charge is -2.04. The van der Waals surface area contributed by atoms with Crippen molar-refractivity contribution in [3.63, 3.8) is 0 Å². The summed E-state index contributed by atoms with van der Waals surface area (Å²) in [5, 5.41) is 12.7. The summed E-state index contributed by atoms with van der Waals surface area (Å²) < 4.78 is 37.9. The van der Waals surface area contributed by atoms with E-state index in [2.05, 4.69) is 15.5 Å². The highest BCUT2D eigenvalue weighted by atomic mass is 32.1. The molecule has 24 heavy (non-hydrogen) atoms. The molecule has 0 saturated heterocycles. The van der Waals surface area contributed by atoms with Crippen LogP contribution in [0.4, 0.5) is 18.3 Å². The van der Waals surface area contributed by atoms with Crippen molar-refractivity contribution >= 4 is 16.5 Å². The third-order valence-corrected chi connectivity index (χ3v) is 4.29. The monoisotopic (exact) mass is 349 g/mol. The van der Waals surface area contributed by atoms with Crippen molar-refractivity contribution in [2.45, 2.75) is 19.4 Å². The number of aromatic nitrogens is 2. The fraction of sp³-hybridized carbons (Fsp3) is 0.176. The van der Waals surface area contributed by atoms with Gasteiger partial charge in [0.15, 0.2) is 0 Å². The minimum atomic E-state index is -2.45. The van der Waals surface area contributed by atoms with Gasteiger partial charge in [-0.25, -0.2) is 13.2 Å². The third kappa shape index (κ3) is 4.32. The van der Waals surface area contributed by atoms with Gasteiger partial charge in [0.05, 0.1) is 0 Å². The maximum absolute atomic E-state index is 12.9. The van der Waals surface area contributed by atoms with E-state index in [0.717, 1.165) is 16.1 Å². The van der Waals surface area contributed by atoms with Crippen LogP contribution in [0.1, 0.15) is 28.1 Å². The first-order valence-corrected chi connectivity index (χ1v) is 8.09. The predicted octanol–water partition coefficient (Wildman–Crippen LogP) is 4.82. The van der Waals surface area contributed by atoms with E-state index in [0.29, 0.717) is 18.1 Å². The number of nitrogens with zero attached hydrogens (tertiary/aromatic N) is 2. The van der Waals surface area contributed by atoms with E-state index in [1.165, 1.54) is 35.6 Å². The van der Waals surface area contributed by atoms with E-state index in [-0.39, 0.29) is 11.4 Å². The molecule has 1 N–H and O–H groups in total. The molecule has 3 rings (SSSR count). The Morgan fingerprint density at radius 2 is 1.58 bits per heavy atom. The number of nitrogens with one attached hydrogen (secondary N) is 1. The van der Waals surface area contributed by atoms with E-state index in [9.17, 15) is 13.2 Å². The van der Waals surface area contributed by atoms with Crippen LogP contribution in [0, 0.1) is 5.82 Å². The average Bonchev–Trinajstić information content (AvgIpc) is 3.03. The first-order chi connectivity index (χ1) is 11.6. The van der Waals surface area contributed by atoms with Gasteiger partial charge in [-0.05, 0) is 23.3 Å². The predicted molar refractivity (Wildman–Crippen MR) is 87.8 cm³/mol. The second-order valence-electron chi connectivity index (χ2n) is 5.20. The summed E-state index contributed by atoms with van der Waals surface area (Å²) in [4.78, 5) is 0. The minimum Gasteiger partial charge on any atom is -0.356 e. The second-order valence-corrected chi connectivity index (χ2v) is 6.26. The van der Waals surface area contributed by atoms with Crippen molar-refractivity contribution in [1.82, 2.24) is 10.2 Å². The summed E-state index contributed by atoms with van der Waals surface area (Å²) >= 11 is 1.41. The third-order valence-electron chi connectivity index (χ3n) is 3.41. The summed E-state index contributed by atoms with van der Waals surface area (Å²) in [5.74, 6) is -0.267. The van der Waals surface area contributed by atoms with Crippen molar-refractivity contribution in [2.24, 2.45) is 0 Å². The van der Waals surface area contributed by atoms with Crippen molar-refractivity contribution in [3.8, 4) is 0 Å². The average molecular weight is 349 g/mol. The molecule has 1 aromatic heterocycles. The Kier molecular flexibility index (Phi) is 5.10. The van der Waals surface area contributed by atoms with Crippen LogP contribution >= 0.6 is 11.3 Å². The van der Waals surface area contributed by atoms with E-state index in [1.807, 2.05) is 0 Å². The summed E-state index contributed by atoms with van der Waals surface area (Å²) in [6, 6.07) is 12.4. The summed E-state index contributed by atoms with van der Waals surface area (Å²) in [6.07, 6.45) is -1.87. The lowest BCUT2D eigenvalue weighted by atomic mass is 10.1. The molecule has 0 saturated carbocycles. The Morgan fingerprint density at radius 1 is 0.917 bits per heavy atom. The van der Waals surface area contributed by atoms with Gasteiger partial charge in [-0.3, -0.25) is 0 Å². The quantitative estimate of drug-likeness (QED) is 0.693. The largest absolute Gasteiger partial charge is 0.356 e. The molecule has 0 radical (unpaired) electrons. The highest BCUT2D eigenvalue weighted by Crippen LogP contribution is 2.21. The number of hydrogen-bond donors (Lipinski definition) is 1. The van der Waals surface area contributed by atoms with Gasteiger partial charge in [-0.2, -0.15) is 0 Å². The number of halogens is 3. The molecule has 0 aliphatic rings. The standard InChI is InChI=1S/C17H14F3N3S/c18-14-7-3-11(4-8-14)9-15-22-23-17(24-15)21-10-12-1-5-13(6-2-12)16(19)20/h1-8,16H,9-10H2,(H,21,23). The Labute approximate surface area is 141 Å². The Balaban J connectivity index is 1.56. The minimum absolute atomic E-state index is 0.0104. The fourth-order valence-corrected chi connectivity index (χ4v) is 2.90. The first-order valence-electron chi connectivity index (χ1n) is 7.28. The first kappa shape index (κ1) is 16.4. The maximum atomic E-state index is 12.9. The van der Waals surface area contributed by atoms with Gasteiger partial charge in [-0.1, -0.05) is 47.7 Å². The SMILES string of the molecule is Fc1ccc(Cc2nnc(NCc3ccc(C(F)F)cc3)s2)cc1. The molecule has 3 aromatic rings. The number of anilines is 1. The van der Waals surface area contributed by atoms with Crippen molar-refractivity contribution < 1.29 is 13.2 Å². The lowest BCUT2D eigenvalue weighted by molar-refractivity contribution is 0.151. The zero-order valence-electron chi connectivity index (χ0n) is 12.5. The smallest absolute Gasteiger partial charge is 0.263 e. The summed E-state index contributed by atoms with van der Waals surface area (Å²) in [7, 11) is 0.